The van der Waals surface area contributed by atoms with Crippen LogP contribution in [0.4, 0.5) is 0 Å². The average molecular weight is 398 g/mol. The number of carbonyl (C=O) groups is 1. The maximum atomic E-state index is 12.4. The lowest BCUT2D eigenvalue weighted by Gasteiger charge is -2.11. The lowest BCUT2D eigenvalue weighted by Crippen LogP contribution is -2.31. The van der Waals surface area contributed by atoms with E-state index in [0.29, 0.717) is 12.2 Å². The summed E-state index contributed by atoms with van der Waals surface area (Å²) in [6.45, 7) is 2.10. The van der Waals surface area contributed by atoms with Crippen LogP contribution in [-0.2, 0) is 6.54 Å². The van der Waals surface area contributed by atoms with Crippen molar-refractivity contribution >= 4 is 21.8 Å². The standard InChI is InChI=1S/C19H16BrN3O2/c1-13-10-17(24)18(22-23(13)16-8-3-2-4-9-16)19(25)21-12-14-6-5-7-15(20)11-14/h2-11H,12H2,1H3,(H,21,25). The van der Waals surface area contributed by atoms with Gasteiger partial charge in [0.1, 0.15) is 0 Å². The SMILES string of the molecule is Cc1cc(=O)c(C(=O)NCc2cccc(Br)c2)nn1-c1ccccc1. The van der Waals surface area contributed by atoms with Gasteiger partial charge >= 0.3 is 0 Å². The number of halogens is 1. The lowest BCUT2D eigenvalue weighted by molar-refractivity contribution is 0.0943. The number of hydrogen-bond donors (Lipinski definition) is 1. The molecule has 126 valence electrons. The van der Waals surface area contributed by atoms with Gasteiger partial charge in [0.05, 0.1) is 5.69 Å². The van der Waals surface area contributed by atoms with E-state index in [1.165, 1.54) is 6.07 Å². The van der Waals surface area contributed by atoms with Gasteiger partial charge in [-0.3, -0.25) is 9.59 Å². The van der Waals surface area contributed by atoms with Crippen molar-refractivity contribution in [2.75, 3.05) is 0 Å². The molecular formula is C19H16BrN3O2. The molecule has 0 bridgehead atoms. The van der Waals surface area contributed by atoms with Gasteiger partial charge in [0, 0.05) is 22.8 Å². The summed E-state index contributed by atoms with van der Waals surface area (Å²) in [4.78, 5) is 24.6. The molecule has 1 amide bonds. The van der Waals surface area contributed by atoms with Gasteiger partial charge in [-0.2, -0.15) is 5.10 Å². The molecule has 25 heavy (non-hydrogen) atoms. The highest BCUT2D eigenvalue weighted by atomic mass is 79.9. The first-order valence-corrected chi connectivity index (χ1v) is 8.53. The smallest absolute Gasteiger partial charge is 0.276 e. The van der Waals surface area contributed by atoms with Gasteiger partial charge in [-0.05, 0) is 36.8 Å². The van der Waals surface area contributed by atoms with Crippen LogP contribution in [0.15, 0.2) is 69.9 Å². The predicted molar refractivity (Wildman–Crippen MR) is 99.9 cm³/mol. The molecule has 0 aliphatic carbocycles. The summed E-state index contributed by atoms with van der Waals surface area (Å²) >= 11 is 3.39. The number of nitrogens with zero attached hydrogens (tertiary/aromatic N) is 2. The fraction of sp³-hybridized carbons (Fsp3) is 0.105. The van der Waals surface area contributed by atoms with Crippen LogP contribution < -0.4 is 10.7 Å². The molecule has 0 atom stereocenters. The minimum Gasteiger partial charge on any atom is -0.346 e. The molecule has 5 nitrogen and oxygen atoms in total. The molecular weight excluding hydrogens is 382 g/mol. The average Bonchev–Trinajstić information content (AvgIpc) is 2.60. The second-order valence-corrected chi connectivity index (χ2v) is 6.47. The van der Waals surface area contributed by atoms with Gasteiger partial charge in [0.2, 0.25) is 5.43 Å². The Bertz CT molecular complexity index is 968. The molecule has 0 fully saturated rings. The molecule has 0 saturated carbocycles. The van der Waals surface area contributed by atoms with Crippen LogP contribution >= 0.6 is 15.9 Å². The van der Waals surface area contributed by atoms with Crippen molar-refractivity contribution in [1.29, 1.82) is 0 Å². The third kappa shape index (κ3) is 4.03. The van der Waals surface area contributed by atoms with Gasteiger partial charge in [0.25, 0.3) is 5.91 Å². The predicted octanol–water partition coefficient (Wildman–Crippen LogP) is 3.23. The van der Waals surface area contributed by atoms with Crippen molar-refractivity contribution in [2.45, 2.75) is 13.5 Å². The normalized spacial score (nSPS) is 10.5. The van der Waals surface area contributed by atoms with Gasteiger partial charge < -0.3 is 5.32 Å². The maximum Gasteiger partial charge on any atom is 0.276 e. The molecule has 2 aromatic carbocycles. The van der Waals surface area contributed by atoms with E-state index in [9.17, 15) is 9.59 Å². The summed E-state index contributed by atoms with van der Waals surface area (Å²) in [6.07, 6.45) is 0. The Labute approximate surface area is 153 Å². The Hall–Kier alpha value is -2.73. The first-order chi connectivity index (χ1) is 12.0. The number of benzene rings is 2. The van der Waals surface area contributed by atoms with Crippen molar-refractivity contribution in [1.82, 2.24) is 15.1 Å². The Morgan fingerprint density at radius 2 is 1.88 bits per heavy atom. The highest BCUT2D eigenvalue weighted by molar-refractivity contribution is 9.10. The number of aromatic nitrogens is 2. The van der Waals surface area contributed by atoms with E-state index in [4.69, 9.17) is 0 Å². The number of rotatable bonds is 4. The van der Waals surface area contributed by atoms with Crippen molar-refractivity contribution in [3.63, 3.8) is 0 Å². The van der Waals surface area contributed by atoms with Gasteiger partial charge in [-0.15, -0.1) is 0 Å². The number of hydrogen-bond acceptors (Lipinski definition) is 3. The fourth-order valence-electron chi connectivity index (χ4n) is 2.45. The lowest BCUT2D eigenvalue weighted by atomic mass is 10.2. The van der Waals surface area contributed by atoms with E-state index in [2.05, 4.69) is 26.3 Å². The van der Waals surface area contributed by atoms with Crippen LogP contribution in [-0.4, -0.2) is 15.7 Å². The van der Waals surface area contributed by atoms with Crippen LogP contribution in [0.3, 0.4) is 0 Å². The Kier molecular flexibility index (Phi) is 5.09. The van der Waals surface area contributed by atoms with Crippen LogP contribution in [0.1, 0.15) is 21.7 Å². The molecule has 1 aromatic heterocycles. The molecule has 0 spiro atoms. The Morgan fingerprint density at radius 1 is 1.12 bits per heavy atom. The molecule has 6 heteroatoms. The van der Waals surface area contributed by atoms with Gasteiger partial charge in [-0.25, -0.2) is 4.68 Å². The molecule has 0 aliphatic heterocycles. The van der Waals surface area contributed by atoms with Crippen molar-refractivity contribution in [3.05, 3.63) is 92.3 Å². The topological polar surface area (TPSA) is 64.0 Å². The molecule has 1 heterocycles. The van der Waals surface area contributed by atoms with Gasteiger partial charge in [0.15, 0.2) is 5.69 Å². The van der Waals surface area contributed by atoms with E-state index in [1.807, 2.05) is 54.6 Å². The molecule has 0 aliphatic rings. The molecule has 0 radical (unpaired) electrons. The van der Waals surface area contributed by atoms with Crippen molar-refractivity contribution in [3.8, 4) is 5.69 Å². The molecule has 3 rings (SSSR count). The summed E-state index contributed by atoms with van der Waals surface area (Å²) in [6, 6.07) is 18.4. The molecule has 0 unspecified atom stereocenters. The second-order valence-electron chi connectivity index (χ2n) is 5.56. The molecule has 1 N–H and O–H groups in total. The highest BCUT2D eigenvalue weighted by Crippen LogP contribution is 2.11. The summed E-state index contributed by atoms with van der Waals surface area (Å²) < 4.78 is 2.52. The third-order valence-corrected chi connectivity index (χ3v) is 4.16. The zero-order valence-corrected chi connectivity index (χ0v) is 15.2. The van der Waals surface area contributed by atoms with E-state index < -0.39 is 11.3 Å². The third-order valence-electron chi connectivity index (χ3n) is 3.67. The Balaban J connectivity index is 1.86. The zero-order valence-electron chi connectivity index (χ0n) is 13.6. The monoisotopic (exact) mass is 397 g/mol. The van der Waals surface area contributed by atoms with E-state index in [-0.39, 0.29) is 5.69 Å². The molecule has 3 aromatic rings. The van der Waals surface area contributed by atoms with Crippen molar-refractivity contribution in [2.24, 2.45) is 0 Å². The largest absolute Gasteiger partial charge is 0.346 e. The van der Waals surface area contributed by atoms with Crippen LogP contribution in [0, 0.1) is 6.92 Å². The Morgan fingerprint density at radius 3 is 2.60 bits per heavy atom. The second kappa shape index (κ2) is 7.44. The van der Waals surface area contributed by atoms with Gasteiger partial charge in [-0.1, -0.05) is 46.3 Å². The molecule has 0 saturated heterocycles. The summed E-state index contributed by atoms with van der Waals surface area (Å²) in [7, 11) is 0. The van der Waals surface area contributed by atoms with E-state index in [0.717, 1.165) is 15.7 Å². The quantitative estimate of drug-likeness (QED) is 0.734. The maximum absolute atomic E-state index is 12.4. The summed E-state index contributed by atoms with van der Waals surface area (Å²) in [5, 5.41) is 7.00. The number of aryl methyl sites for hydroxylation is 1. The fourth-order valence-corrected chi connectivity index (χ4v) is 2.89. The number of nitrogens with one attached hydrogen (secondary N) is 1. The highest BCUT2D eigenvalue weighted by Gasteiger charge is 2.15. The van der Waals surface area contributed by atoms with Crippen LogP contribution in [0.2, 0.25) is 0 Å². The first kappa shape index (κ1) is 17.1. The summed E-state index contributed by atoms with van der Waals surface area (Å²) in [5.74, 6) is -0.491. The minimum absolute atomic E-state index is 0.121. The van der Waals surface area contributed by atoms with Crippen molar-refractivity contribution < 1.29 is 4.79 Å². The van der Waals surface area contributed by atoms with Crippen LogP contribution in [0.25, 0.3) is 5.69 Å². The minimum atomic E-state index is -0.491. The number of para-hydroxylation sites is 1. The van der Waals surface area contributed by atoms with E-state index >= 15 is 0 Å². The van der Waals surface area contributed by atoms with Crippen LogP contribution in [0.5, 0.6) is 0 Å². The zero-order chi connectivity index (χ0) is 17.8. The number of amides is 1. The first-order valence-electron chi connectivity index (χ1n) is 7.73. The number of carbonyl (C=O) groups excluding carboxylic acids is 1. The van der Waals surface area contributed by atoms with E-state index in [1.54, 1.807) is 11.6 Å². The summed E-state index contributed by atoms with van der Waals surface area (Å²) in [5.41, 5.74) is 1.87.